The van der Waals surface area contributed by atoms with E-state index in [1.165, 1.54) is 28.7 Å². The minimum Gasteiger partial charge on any atom is -0.486 e. The molecule has 0 fully saturated rings. The molecular formula is C17H19N5O2S2. The summed E-state index contributed by atoms with van der Waals surface area (Å²) in [6.45, 7) is 5.08. The molecule has 0 atom stereocenters. The topological polar surface area (TPSA) is 81.9 Å². The second-order valence-corrected chi connectivity index (χ2v) is 7.26. The fraction of sp³-hybridized carbons (Fsp3) is 0.294. The number of aryl methyl sites for hydroxylation is 1. The fourth-order valence-corrected chi connectivity index (χ4v) is 3.57. The fourth-order valence-electron chi connectivity index (χ4n) is 2.20. The quantitative estimate of drug-likeness (QED) is 0.595. The zero-order chi connectivity index (χ0) is 18.4. The highest BCUT2D eigenvalue weighted by Crippen LogP contribution is 2.19. The Balaban J connectivity index is 1.56. The molecule has 7 nitrogen and oxygen atoms in total. The second-order valence-electron chi connectivity index (χ2n) is 5.42. The summed E-state index contributed by atoms with van der Waals surface area (Å²) in [7, 11) is 0. The lowest BCUT2D eigenvalue weighted by atomic mass is 10.2. The third kappa shape index (κ3) is 4.83. The monoisotopic (exact) mass is 389 g/mol. The first kappa shape index (κ1) is 18.4. The highest BCUT2D eigenvalue weighted by Gasteiger charge is 2.14. The minimum atomic E-state index is -0.118. The first-order chi connectivity index (χ1) is 12.7. The van der Waals surface area contributed by atoms with Crippen LogP contribution >= 0.6 is 23.1 Å². The van der Waals surface area contributed by atoms with Crippen LogP contribution in [0.3, 0.4) is 0 Å². The Kier molecular flexibility index (Phi) is 6.24. The molecule has 26 heavy (non-hydrogen) atoms. The zero-order valence-electron chi connectivity index (χ0n) is 14.5. The molecule has 9 heteroatoms. The van der Waals surface area contributed by atoms with E-state index in [-0.39, 0.29) is 11.7 Å². The summed E-state index contributed by atoms with van der Waals surface area (Å²) >= 11 is 2.73. The van der Waals surface area contributed by atoms with Crippen LogP contribution < -0.4 is 10.1 Å². The van der Waals surface area contributed by atoms with Gasteiger partial charge in [0.05, 0.1) is 5.75 Å². The van der Waals surface area contributed by atoms with Gasteiger partial charge in [0.2, 0.25) is 5.91 Å². The zero-order valence-corrected chi connectivity index (χ0v) is 16.1. The molecule has 0 bridgehead atoms. The Bertz CT molecular complexity index is 847. The lowest BCUT2D eigenvalue weighted by molar-refractivity contribution is -0.113. The van der Waals surface area contributed by atoms with E-state index in [4.69, 9.17) is 4.74 Å². The highest BCUT2D eigenvalue weighted by molar-refractivity contribution is 7.99. The molecular weight excluding hydrogens is 370 g/mol. The van der Waals surface area contributed by atoms with E-state index >= 15 is 0 Å². The van der Waals surface area contributed by atoms with Crippen molar-refractivity contribution in [2.45, 2.75) is 32.2 Å². The number of thiazole rings is 1. The Labute approximate surface area is 159 Å². The first-order valence-electron chi connectivity index (χ1n) is 8.09. The summed E-state index contributed by atoms with van der Waals surface area (Å²) in [6, 6.07) is 7.87. The SMILES string of the molecule is CCn1c(COc2ccc(C)cc2)nnc1SCC(=O)Nc1nccs1. The molecule has 1 N–H and O–H groups in total. The van der Waals surface area contributed by atoms with Gasteiger partial charge in [0.15, 0.2) is 16.1 Å². The largest absolute Gasteiger partial charge is 0.486 e. The van der Waals surface area contributed by atoms with Gasteiger partial charge in [-0.05, 0) is 26.0 Å². The smallest absolute Gasteiger partial charge is 0.236 e. The maximum Gasteiger partial charge on any atom is 0.236 e. The van der Waals surface area contributed by atoms with Crippen LogP contribution in [0.25, 0.3) is 0 Å². The summed E-state index contributed by atoms with van der Waals surface area (Å²) in [5.41, 5.74) is 1.18. The van der Waals surface area contributed by atoms with Crippen molar-refractivity contribution in [1.29, 1.82) is 0 Å². The lowest BCUT2D eigenvalue weighted by Gasteiger charge is -2.09. The Hall–Kier alpha value is -2.39. The number of carbonyl (C=O) groups excluding carboxylic acids is 1. The number of thioether (sulfide) groups is 1. The van der Waals surface area contributed by atoms with E-state index in [0.717, 1.165) is 11.6 Å². The Morgan fingerprint density at radius 2 is 2.12 bits per heavy atom. The molecule has 0 aliphatic heterocycles. The van der Waals surface area contributed by atoms with Crippen molar-refractivity contribution in [3.05, 3.63) is 47.2 Å². The third-order valence-electron chi connectivity index (χ3n) is 3.51. The van der Waals surface area contributed by atoms with Gasteiger partial charge in [-0.3, -0.25) is 4.79 Å². The summed E-state index contributed by atoms with van der Waals surface area (Å²) < 4.78 is 7.73. The number of rotatable bonds is 8. The van der Waals surface area contributed by atoms with E-state index < -0.39 is 0 Å². The van der Waals surface area contributed by atoms with Gasteiger partial charge in [-0.2, -0.15) is 0 Å². The van der Waals surface area contributed by atoms with Crippen molar-refractivity contribution in [2.24, 2.45) is 0 Å². The Morgan fingerprint density at radius 3 is 2.81 bits per heavy atom. The van der Waals surface area contributed by atoms with Gasteiger partial charge in [-0.15, -0.1) is 21.5 Å². The molecule has 3 rings (SSSR count). The van der Waals surface area contributed by atoms with Gasteiger partial charge >= 0.3 is 0 Å². The van der Waals surface area contributed by atoms with E-state index in [1.807, 2.05) is 48.1 Å². The number of nitrogens with zero attached hydrogens (tertiary/aromatic N) is 4. The van der Waals surface area contributed by atoms with Crippen molar-refractivity contribution >= 4 is 34.1 Å². The molecule has 0 aliphatic rings. The summed E-state index contributed by atoms with van der Waals surface area (Å²) in [5.74, 6) is 1.65. The molecule has 0 saturated carbocycles. The van der Waals surface area contributed by atoms with Gasteiger partial charge in [-0.25, -0.2) is 4.98 Å². The van der Waals surface area contributed by atoms with Crippen molar-refractivity contribution in [3.63, 3.8) is 0 Å². The van der Waals surface area contributed by atoms with Gasteiger partial charge in [-0.1, -0.05) is 29.5 Å². The molecule has 0 saturated heterocycles. The highest BCUT2D eigenvalue weighted by atomic mass is 32.2. The van der Waals surface area contributed by atoms with Crippen molar-refractivity contribution in [3.8, 4) is 5.75 Å². The van der Waals surface area contributed by atoms with Gasteiger partial charge in [0.25, 0.3) is 0 Å². The van der Waals surface area contributed by atoms with Crippen LogP contribution in [-0.2, 0) is 17.9 Å². The molecule has 1 aromatic carbocycles. The number of hydrogen-bond acceptors (Lipinski definition) is 7. The molecule has 0 radical (unpaired) electrons. The van der Waals surface area contributed by atoms with Crippen molar-refractivity contribution in [1.82, 2.24) is 19.7 Å². The second kappa shape index (κ2) is 8.81. The van der Waals surface area contributed by atoms with E-state index in [0.29, 0.717) is 23.4 Å². The average molecular weight is 390 g/mol. The third-order valence-corrected chi connectivity index (χ3v) is 5.16. The normalized spacial score (nSPS) is 10.7. The molecule has 136 valence electrons. The van der Waals surface area contributed by atoms with Gasteiger partial charge in [0, 0.05) is 18.1 Å². The number of hydrogen-bond donors (Lipinski definition) is 1. The first-order valence-corrected chi connectivity index (χ1v) is 9.96. The van der Waals surface area contributed by atoms with Crippen LogP contribution in [0.1, 0.15) is 18.3 Å². The number of anilines is 1. The number of nitrogens with one attached hydrogen (secondary N) is 1. The molecule has 0 unspecified atom stereocenters. The molecule has 2 heterocycles. The molecule has 2 aromatic heterocycles. The van der Waals surface area contributed by atoms with Crippen molar-refractivity contribution < 1.29 is 9.53 Å². The van der Waals surface area contributed by atoms with Crippen LogP contribution in [0, 0.1) is 6.92 Å². The molecule has 0 spiro atoms. The van der Waals surface area contributed by atoms with Gasteiger partial charge in [0.1, 0.15) is 12.4 Å². The lowest BCUT2D eigenvalue weighted by Crippen LogP contribution is -2.14. The summed E-state index contributed by atoms with van der Waals surface area (Å²) in [5, 5.41) is 14.2. The van der Waals surface area contributed by atoms with E-state index in [2.05, 4.69) is 20.5 Å². The number of benzene rings is 1. The maximum atomic E-state index is 12.0. The van der Waals surface area contributed by atoms with Crippen LogP contribution in [-0.4, -0.2) is 31.4 Å². The predicted molar refractivity (Wildman–Crippen MR) is 103 cm³/mol. The number of amides is 1. The predicted octanol–water partition coefficient (Wildman–Crippen LogP) is 3.37. The molecule has 0 aliphatic carbocycles. The molecule has 3 aromatic rings. The maximum absolute atomic E-state index is 12.0. The van der Waals surface area contributed by atoms with E-state index in [9.17, 15) is 4.79 Å². The van der Waals surface area contributed by atoms with Crippen molar-refractivity contribution in [2.75, 3.05) is 11.1 Å². The van der Waals surface area contributed by atoms with Gasteiger partial charge < -0.3 is 14.6 Å². The minimum absolute atomic E-state index is 0.118. The van der Waals surface area contributed by atoms with Crippen LogP contribution in [0.2, 0.25) is 0 Å². The number of carbonyl (C=O) groups is 1. The van der Waals surface area contributed by atoms with E-state index in [1.54, 1.807) is 6.20 Å². The Morgan fingerprint density at radius 1 is 1.31 bits per heavy atom. The van der Waals surface area contributed by atoms with Crippen LogP contribution in [0.15, 0.2) is 41.0 Å². The number of aromatic nitrogens is 4. The summed E-state index contributed by atoms with van der Waals surface area (Å²) in [6.07, 6.45) is 1.65. The number of ether oxygens (including phenoxy) is 1. The average Bonchev–Trinajstić information content (AvgIpc) is 3.28. The van der Waals surface area contributed by atoms with Crippen LogP contribution in [0.5, 0.6) is 5.75 Å². The summed E-state index contributed by atoms with van der Waals surface area (Å²) in [4.78, 5) is 16.0. The van der Waals surface area contributed by atoms with Crippen LogP contribution in [0.4, 0.5) is 5.13 Å². The standard InChI is InChI=1S/C17H19N5O2S2/c1-3-22-14(10-24-13-6-4-12(2)5-7-13)20-21-17(22)26-11-15(23)19-16-18-8-9-25-16/h4-9H,3,10-11H2,1-2H3,(H,18,19,23). The molecule has 1 amide bonds.